The Labute approximate surface area is 272 Å². The normalized spacial score (nSPS) is 12.8. The van der Waals surface area contributed by atoms with Crippen LogP contribution in [-0.4, -0.2) is 41.3 Å². The van der Waals surface area contributed by atoms with Gasteiger partial charge in [-0.2, -0.15) is 0 Å². The van der Waals surface area contributed by atoms with Crippen molar-refractivity contribution in [3.05, 3.63) is 69.7 Å². The maximum atomic E-state index is 12.6. The second kappa shape index (κ2) is 19.9. The van der Waals surface area contributed by atoms with Crippen molar-refractivity contribution in [3.63, 3.8) is 0 Å². The maximum absolute atomic E-state index is 12.6. The first-order chi connectivity index (χ1) is 18.9. The van der Waals surface area contributed by atoms with Gasteiger partial charge in [-0.15, -0.1) is 0 Å². The average Bonchev–Trinajstić information content (AvgIpc) is 2.89. The molecule has 0 atom stereocenters. The minimum atomic E-state index is -2.01. The molecule has 0 saturated heterocycles. The number of ketones is 1. The van der Waals surface area contributed by atoms with Crippen LogP contribution in [0.5, 0.6) is 11.5 Å². The van der Waals surface area contributed by atoms with Crippen LogP contribution in [0.1, 0.15) is 102 Å². The number of hydrogen-bond donors (Lipinski definition) is 0. The number of unbranched alkanes of at least 4 members (excludes halogenated alkanes) is 7. The first-order valence-corrected chi connectivity index (χ1v) is 15.9. The number of allylic oxidation sites excluding steroid dienone is 2. The van der Waals surface area contributed by atoms with E-state index in [1.165, 1.54) is 38.5 Å². The Morgan fingerprint density at radius 2 is 1.38 bits per heavy atom. The predicted octanol–water partition coefficient (Wildman–Crippen LogP) is 9.69. The number of benzene rings is 2. The van der Waals surface area contributed by atoms with Gasteiger partial charge in [0.15, 0.2) is 0 Å². The zero-order valence-electron chi connectivity index (χ0n) is 22.8. The van der Waals surface area contributed by atoms with Crippen LogP contribution in [0.4, 0.5) is 0 Å². The van der Waals surface area contributed by atoms with E-state index in [2.05, 4.69) is 19.1 Å². The summed E-state index contributed by atoms with van der Waals surface area (Å²) in [5.74, 6) is 0.915. The molecule has 2 aromatic rings. The van der Waals surface area contributed by atoms with E-state index in [1.54, 1.807) is 24.3 Å². The van der Waals surface area contributed by atoms with Gasteiger partial charge in [-0.3, -0.25) is 9.59 Å². The average molecular weight is 618 g/mol. The molecule has 0 fully saturated rings. The van der Waals surface area contributed by atoms with Gasteiger partial charge in [0, 0.05) is 46.9 Å². The van der Waals surface area contributed by atoms with E-state index in [-0.39, 0.29) is 41.8 Å². The van der Waals surface area contributed by atoms with E-state index in [9.17, 15) is 9.59 Å². The van der Waals surface area contributed by atoms with Gasteiger partial charge in [-0.25, -0.2) is 0 Å². The fourth-order valence-electron chi connectivity index (χ4n) is 4.34. The molecular formula is C31H40Cl2NaO5P. The standard InChI is InChI=1S/C31H39Cl2O5P.Na.H/c1-2-3-4-5-6-7-8-9-10-11-14-28(34)15-12-13-16-31(35)38-39-36-29-19-17-26(32)22-24(29)21-25-23-27(33)18-20-30(25)37-39;;/h9-10,17-20,22-23H,2-8,11-16,21H2,1H3;;/b10-9-;;. The number of carbonyl (C=O) groups is 2. The van der Waals surface area contributed by atoms with Gasteiger partial charge in [0.25, 0.3) is 0 Å². The van der Waals surface area contributed by atoms with Crippen LogP contribution < -0.4 is 9.05 Å². The molecule has 0 aromatic heterocycles. The van der Waals surface area contributed by atoms with Gasteiger partial charge < -0.3 is 13.6 Å². The van der Waals surface area contributed by atoms with Crippen molar-refractivity contribution in [3.8, 4) is 11.5 Å². The molecule has 9 heteroatoms. The second-order valence-electron chi connectivity index (χ2n) is 9.86. The molecule has 5 nitrogen and oxygen atoms in total. The third-order valence-corrected chi connectivity index (χ3v) is 8.03. The number of Topliss-reactive ketones (excluding diaryl/α,β-unsaturated/α-hetero) is 1. The number of fused-ring (bicyclic) bond motifs is 2. The number of halogens is 2. The van der Waals surface area contributed by atoms with Gasteiger partial charge >= 0.3 is 44.1 Å². The van der Waals surface area contributed by atoms with Crippen LogP contribution in [-0.2, 0) is 20.5 Å². The van der Waals surface area contributed by atoms with Crippen LogP contribution in [0.2, 0.25) is 10.0 Å². The Balaban J connectivity index is 0.00000560. The first kappa shape index (κ1) is 35.1. The monoisotopic (exact) mass is 616 g/mol. The summed E-state index contributed by atoms with van der Waals surface area (Å²) < 4.78 is 17.5. The quantitative estimate of drug-likeness (QED) is 0.0813. The van der Waals surface area contributed by atoms with Crippen molar-refractivity contribution in [2.24, 2.45) is 0 Å². The third kappa shape index (κ3) is 13.3. The molecule has 1 heterocycles. The molecule has 1 aliphatic rings. The first-order valence-electron chi connectivity index (χ1n) is 14.0. The molecule has 2 aromatic carbocycles. The van der Waals surface area contributed by atoms with Crippen LogP contribution in [0.15, 0.2) is 48.6 Å². The number of hydrogen-bond acceptors (Lipinski definition) is 5. The van der Waals surface area contributed by atoms with Crippen molar-refractivity contribution in [1.29, 1.82) is 0 Å². The summed E-state index contributed by atoms with van der Waals surface area (Å²) in [6.07, 6.45) is 16.9. The minimum absolute atomic E-state index is 0. The predicted molar refractivity (Wildman–Crippen MR) is 167 cm³/mol. The molecule has 0 bridgehead atoms. The molecule has 0 N–H and O–H groups in total. The van der Waals surface area contributed by atoms with Gasteiger partial charge in [-0.05, 0) is 68.5 Å². The van der Waals surface area contributed by atoms with E-state index in [0.717, 1.165) is 24.0 Å². The summed E-state index contributed by atoms with van der Waals surface area (Å²) in [4.78, 5) is 24.7. The fraction of sp³-hybridized carbons (Fsp3) is 0.484. The zero-order chi connectivity index (χ0) is 27.9. The van der Waals surface area contributed by atoms with E-state index < -0.39 is 14.6 Å². The summed E-state index contributed by atoms with van der Waals surface area (Å²) in [5.41, 5.74) is 1.71. The summed E-state index contributed by atoms with van der Waals surface area (Å²) in [5, 5.41) is 1.17. The molecule has 0 unspecified atom stereocenters. The van der Waals surface area contributed by atoms with E-state index in [0.29, 0.717) is 53.6 Å². The Morgan fingerprint density at radius 3 is 2.02 bits per heavy atom. The number of carbonyl (C=O) groups excluding carboxylic acids is 2. The molecule has 3 rings (SSSR count). The Hall–Kier alpha value is -1.07. The van der Waals surface area contributed by atoms with Gasteiger partial charge in [-0.1, -0.05) is 74.4 Å². The molecule has 0 spiro atoms. The van der Waals surface area contributed by atoms with Gasteiger partial charge in [0.2, 0.25) is 0 Å². The van der Waals surface area contributed by atoms with Crippen molar-refractivity contribution >= 4 is 73.1 Å². The Kier molecular flexibility index (Phi) is 17.5. The molecule has 40 heavy (non-hydrogen) atoms. The van der Waals surface area contributed by atoms with Crippen molar-refractivity contribution < 1.29 is 23.2 Å². The topological polar surface area (TPSA) is 61.8 Å². The third-order valence-electron chi connectivity index (χ3n) is 6.52. The summed E-state index contributed by atoms with van der Waals surface area (Å²) in [6, 6.07) is 10.6. The molecule has 0 saturated carbocycles. The van der Waals surface area contributed by atoms with Crippen molar-refractivity contribution in [1.82, 2.24) is 0 Å². The Morgan fingerprint density at radius 1 is 0.800 bits per heavy atom. The summed E-state index contributed by atoms with van der Waals surface area (Å²) >= 11 is 12.4. The van der Waals surface area contributed by atoms with Crippen molar-refractivity contribution in [2.75, 3.05) is 0 Å². The molecule has 0 amide bonds. The van der Waals surface area contributed by atoms with Crippen LogP contribution in [0.3, 0.4) is 0 Å². The molecular weight excluding hydrogens is 577 g/mol. The summed E-state index contributed by atoms with van der Waals surface area (Å²) in [7, 11) is -2.01. The molecule has 0 radical (unpaired) electrons. The molecule has 1 aliphatic heterocycles. The van der Waals surface area contributed by atoms with E-state index in [1.807, 2.05) is 12.1 Å². The van der Waals surface area contributed by atoms with Crippen LogP contribution in [0.25, 0.3) is 0 Å². The Bertz CT molecular complexity index is 1060. The van der Waals surface area contributed by atoms with Crippen LogP contribution in [0, 0.1) is 0 Å². The van der Waals surface area contributed by atoms with E-state index >= 15 is 0 Å². The van der Waals surface area contributed by atoms with Crippen molar-refractivity contribution in [2.45, 2.75) is 96.8 Å². The SMILES string of the molecule is CCCCCCCC/C=C\CCC(=O)CCCCC(=O)OP1Oc2ccc(Cl)cc2Cc2cc(Cl)ccc2O1.[NaH]. The van der Waals surface area contributed by atoms with Crippen LogP contribution >= 0.6 is 31.8 Å². The fourth-order valence-corrected chi connectivity index (χ4v) is 5.78. The number of rotatable bonds is 16. The second-order valence-corrected chi connectivity index (χ2v) is 11.7. The molecule has 214 valence electrons. The van der Waals surface area contributed by atoms with Gasteiger partial charge in [0.1, 0.15) is 17.3 Å². The van der Waals surface area contributed by atoms with Gasteiger partial charge in [0.05, 0.1) is 0 Å². The molecule has 0 aliphatic carbocycles. The zero-order valence-corrected chi connectivity index (χ0v) is 25.2. The summed E-state index contributed by atoms with van der Waals surface area (Å²) in [6.45, 7) is 2.23. The van der Waals surface area contributed by atoms with E-state index in [4.69, 9.17) is 36.8 Å².